The molecule has 0 atom stereocenters. The van der Waals surface area contributed by atoms with E-state index >= 15 is 0 Å². The molecule has 28 heavy (non-hydrogen) atoms. The number of amides is 2. The van der Waals surface area contributed by atoms with Crippen LogP contribution in [-0.4, -0.2) is 27.7 Å². The van der Waals surface area contributed by atoms with Gasteiger partial charge in [-0.25, -0.2) is 9.88 Å². The number of anilines is 1. The molecule has 1 aliphatic rings. The van der Waals surface area contributed by atoms with E-state index in [-0.39, 0.29) is 17.4 Å². The molecular formula is C20H13N3O3S2. The van der Waals surface area contributed by atoms with Gasteiger partial charge >= 0.3 is 5.91 Å². The van der Waals surface area contributed by atoms with E-state index in [0.717, 1.165) is 21.2 Å². The van der Waals surface area contributed by atoms with Crippen LogP contribution in [0.5, 0.6) is 0 Å². The summed E-state index contributed by atoms with van der Waals surface area (Å²) in [5, 5.41) is 1.68. The van der Waals surface area contributed by atoms with Gasteiger partial charge in [0, 0.05) is 5.39 Å². The minimum Gasteiger partial charge on any atom is -0.451 e. The lowest BCUT2D eigenvalue weighted by molar-refractivity contribution is -0.115. The van der Waals surface area contributed by atoms with Crippen LogP contribution in [0.4, 0.5) is 5.13 Å². The van der Waals surface area contributed by atoms with Gasteiger partial charge in [-0.1, -0.05) is 47.4 Å². The number of hydrogen-bond acceptors (Lipinski definition) is 6. The molecule has 4 aromatic rings. The topological polar surface area (TPSA) is 75.8 Å². The maximum Gasteiger partial charge on any atom is 0.315 e. The summed E-state index contributed by atoms with van der Waals surface area (Å²) in [6.07, 6.45) is 0. The number of thioether (sulfide) groups is 1. The molecule has 0 aliphatic carbocycles. The molecule has 0 spiro atoms. The lowest BCUT2D eigenvalue weighted by Gasteiger charge is -2.11. The Morgan fingerprint density at radius 2 is 2.07 bits per heavy atom. The molecule has 8 heteroatoms. The number of aryl methyl sites for hydroxylation is 1. The second kappa shape index (κ2) is 6.57. The van der Waals surface area contributed by atoms with Gasteiger partial charge in [-0.2, -0.15) is 4.99 Å². The lowest BCUT2D eigenvalue weighted by Crippen LogP contribution is -2.29. The zero-order chi connectivity index (χ0) is 19.3. The molecule has 3 heterocycles. The molecule has 6 nitrogen and oxygen atoms in total. The largest absolute Gasteiger partial charge is 0.451 e. The van der Waals surface area contributed by atoms with Gasteiger partial charge in [0.2, 0.25) is 5.91 Å². The Kier molecular flexibility index (Phi) is 4.03. The fourth-order valence-corrected chi connectivity index (χ4v) is 4.85. The highest BCUT2D eigenvalue weighted by atomic mass is 32.2. The second-order valence-electron chi connectivity index (χ2n) is 6.33. The number of amidine groups is 1. The minimum atomic E-state index is -0.518. The highest BCUT2D eigenvalue weighted by Gasteiger charge is 2.33. The molecule has 138 valence electrons. The first-order valence-electron chi connectivity index (χ1n) is 8.53. The lowest BCUT2D eigenvalue weighted by atomic mass is 10.2. The highest BCUT2D eigenvalue weighted by Crippen LogP contribution is 2.34. The van der Waals surface area contributed by atoms with Gasteiger partial charge in [0.1, 0.15) is 5.58 Å². The van der Waals surface area contributed by atoms with E-state index < -0.39 is 5.91 Å². The van der Waals surface area contributed by atoms with Gasteiger partial charge in [-0.3, -0.25) is 9.59 Å². The summed E-state index contributed by atoms with van der Waals surface area (Å²) in [5.41, 5.74) is 2.55. The first-order chi connectivity index (χ1) is 13.6. The average Bonchev–Trinajstić information content (AvgIpc) is 3.37. The van der Waals surface area contributed by atoms with Crippen LogP contribution in [0.1, 0.15) is 16.1 Å². The molecule has 2 aromatic heterocycles. The summed E-state index contributed by atoms with van der Waals surface area (Å²) >= 11 is 2.63. The maximum absolute atomic E-state index is 12.6. The number of benzene rings is 2. The highest BCUT2D eigenvalue weighted by molar-refractivity contribution is 8.15. The molecule has 1 aliphatic heterocycles. The number of furan rings is 1. The smallest absolute Gasteiger partial charge is 0.315 e. The van der Waals surface area contributed by atoms with Crippen molar-refractivity contribution >= 4 is 66.4 Å². The van der Waals surface area contributed by atoms with Crippen molar-refractivity contribution in [2.45, 2.75) is 6.92 Å². The van der Waals surface area contributed by atoms with Crippen LogP contribution >= 0.6 is 23.1 Å². The molecule has 0 N–H and O–H groups in total. The van der Waals surface area contributed by atoms with E-state index in [1.165, 1.54) is 28.0 Å². The average molecular weight is 407 g/mol. The Morgan fingerprint density at radius 1 is 1.21 bits per heavy atom. The predicted octanol–water partition coefficient (Wildman–Crippen LogP) is 4.63. The van der Waals surface area contributed by atoms with E-state index in [9.17, 15) is 9.59 Å². The van der Waals surface area contributed by atoms with Crippen LogP contribution in [0, 0.1) is 6.92 Å². The quantitative estimate of drug-likeness (QED) is 0.484. The molecule has 0 radical (unpaired) electrons. The number of aromatic nitrogens is 1. The predicted molar refractivity (Wildman–Crippen MR) is 112 cm³/mol. The summed E-state index contributed by atoms with van der Waals surface area (Å²) < 4.78 is 6.57. The number of carbonyl (C=O) groups is 2. The normalized spacial score (nSPS) is 16.0. The third-order valence-electron chi connectivity index (χ3n) is 4.32. The molecule has 1 fully saturated rings. The maximum atomic E-state index is 12.6. The van der Waals surface area contributed by atoms with E-state index in [1.807, 2.05) is 43.3 Å². The molecule has 0 unspecified atom stereocenters. The van der Waals surface area contributed by atoms with E-state index in [1.54, 1.807) is 12.1 Å². The minimum absolute atomic E-state index is 0.142. The van der Waals surface area contributed by atoms with Crippen LogP contribution in [0.2, 0.25) is 0 Å². The van der Waals surface area contributed by atoms with E-state index in [0.29, 0.717) is 15.9 Å². The monoisotopic (exact) mass is 407 g/mol. The Morgan fingerprint density at radius 3 is 2.93 bits per heavy atom. The zero-order valence-electron chi connectivity index (χ0n) is 14.7. The number of thiazole rings is 1. The van der Waals surface area contributed by atoms with Crippen molar-refractivity contribution in [3.63, 3.8) is 0 Å². The van der Waals surface area contributed by atoms with Crippen molar-refractivity contribution in [3.05, 3.63) is 59.9 Å². The van der Waals surface area contributed by atoms with Crippen molar-refractivity contribution in [1.29, 1.82) is 0 Å². The number of aliphatic imine (C=N–C) groups is 1. The number of fused-ring (bicyclic) bond motifs is 2. The number of rotatable bonds is 2. The fraction of sp³-hybridized carbons (Fsp3) is 0.100. The van der Waals surface area contributed by atoms with Gasteiger partial charge in [0.25, 0.3) is 0 Å². The Balaban J connectivity index is 1.52. The molecule has 0 bridgehead atoms. The first kappa shape index (κ1) is 17.2. The molecule has 0 saturated carbocycles. The SMILES string of the molecule is Cc1ccc2sc(N3C(=O)CSC3=NC(=O)c3cc4ccccc4o3)nc2c1. The summed E-state index contributed by atoms with van der Waals surface area (Å²) in [6, 6.07) is 15.0. The van der Waals surface area contributed by atoms with Gasteiger partial charge in [-0.05, 0) is 36.8 Å². The molecule has 2 amide bonds. The second-order valence-corrected chi connectivity index (χ2v) is 8.29. The number of nitrogens with zero attached hydrogens (tertiary/aromatic N) is 3. The summed E-state index contributed by atoms with van der Waals surface area (Å²) in [5.74, 6) is -0.290. The van der Waals surface area contributed by atoms with Gasteiger partial charge in [0.05, 0.1) is 16.0 Å². The van der Waals surface area contributed by atoms with Crippen molar-refractivity contribution < 1.29 is 14.0 Å². The van der Waals surface area contributed by atoms with Crippen molar-refractivity contribution in [2.75, 3.05) is 10.7 Å². The Bertz CT molecular complexity index is 1260. The van der Waals surface area contributed by atoms with Crippen molar-refractivity contribution in [3.8, 4) is 0 Å². The standard InChI is InChI=1S/C20H13N3O3S2/c1-11-6-7-16-13(8-11)21-20(28-16)23-17(24)10-27-19(23)22-18(25)15-9-12-4-2-3-5-14(12)26-15/h2-9H,10H2,1H3. The molecular weight excluding hydrogens is 394 g/mol. The van der Waals surface area contributed by atoms with Crippen LogP contribution < -0.4 is 4.90 Å². The fourth-order valence-electron chi connectivity index (χ4n) is 2.98. The summed E-state index contributed by atoms with van der Waals surface area (Å²) in [7, 11) is 0. The first-order valence-corrected chi connectivity index (χ1v) is 10.3. The number of hydrogen-bond donors (Lipinski definition) is 0. The van der Waals surface area contributed by atoms with Gasteiger partial charge in [-0.15, -0.1) is 0 Å². The van der Waals surface area contributed by atoms with Crippen molar-refractivity contribution in [1.82, 2.24) is 4.98 Å². The third kappa shape index (κ3) is 2.90. The van der Waals surface area contributed by atoms with Crippen LogP contribution in [-0.2, 0) is 4.79 Å². The zero-order valence-corrected chi connectivity index (χ0v) is 16.3. The summed E-state index contributed by atoms with van der Waals surface area (Å²) in [6.45, 7) is 1.99. The molecule has 5 rings (SSSR count). The van der Waals surface area contributed by atoms with E-state index in [2.05, 4.69) is 9.98 Å². The number of para-hydroxylation sites is 1. The van der Waals surface area contributed by atoms with Crippen LogP contribution in [0.15, 0.2) is 57.9 Å². The molecule has 1 saturated heterocycles. The Labute approximate surface area is 167 Å². The third-order valence-corrected chi connectivity index (χ3v) is 6.27. The van der Waals surface area contributed by atoms with Gasteiger partial charge in [0.15, 0.2) is 16.1 Å². The van der Waals surface area contributed by atoms with Gasteiger partial charge < -0.3 is 4.42 Å². The summed E-state index contributed by atoms with van der Waals surface area (Å²) in [4.78, 5) is 35.2. The molecule has 2 aromatic carbocycles. The Hall–Kier alpha value is -2.97. The number of carbonyl (C=O) groups excluding carboxylic acids is 2. The van der Waals surface area contributed by atoms with Crippen LogP contribution in [0.3, 0.4) is 0 Å². The van der Waals surface area contributed by atoms with Crippen LogP contribution in [0.25, 0.3) is 21.2 Å². The van der Waals surface area contributed by atoms with Crippen molar-refractivity contribution in [2.24, 2.45) is 4.99 Å². The van der Waals surface area contributed by atoms with E-state index in [4.69, 9.17) is 4.42 Å².